The third kappa shape index (κ3) is 5.05. The molecule has 4 nitrogen and oxygen atoms in total. The molecule has 0 aliphatic rings. The largest absolute Gasteiger partial charge is 0.459 e. The number of likely N-dealkylation sites (N-methyl/N-ethyl adjacent to an activating group) is 1. The first-order chi connectivity index (χ1) is 10.6. The van der Waals surface area contributed by atoms with E-state index in [0.29, 0.717) is 0 Å². The fourth-order valence-electron chi connectivity index (χ4n) is 1.97. The normalized spacial score (nSPS) is 10.0. The van der Waals surface area contributed by atoms with Gasteiger partial charge in [0.15, 0.2) is 0 Å². The maximum absolute atomic E-state index is 12.0. The number of carbonyl (C=O) groups is 2. The van der Waals surface area contributed by atoms with Gasteiger partial charge in [0.05, 0.1) is 6.42 Å². The average Bonchev–Trinajstić information content (AvgIpc) is 2.55. The van der Waals surface area contributed by atoms with Gasteiger partial charge in [0.1, 0.15) is 13.2 Å². The van der Waals surface area contributed by atoms with E-state index in [9.17, 15) is 9.59 Å². The van der Waals surface area contributed by atoms with Crippen LogP contribution in [0, 0.1) is 0 Å². The van der Waals surface area contributed by atoms with Gasteiger partial charge in [-0.3, -0.25) is 9.59 Å². The zero-order chi connectivity index (χ0) is 15.8. The van der Waals surface area contributed by atoms with Gasteiger partial charge in [0, 0.05) is 7.05 Å². The van der Waals surface area contributed by atoms with Crippen molar-refractivity contribution in [3.05, 3.63) is 71.8 Å². The third-order valence-electron chi connectivity index (χ3n) is 3.23. The number of esters is 1. The Bertz CT molecular complexity index is 611. The van der Waals surface area contributed by atoms with Crippen LogP contribution in [0.25, 0.3) is 0 Å². The van der Waals surface area contributed by atoms with Crippen molar-refractivity contribution in [3.8, 4) is 0 Å². The molecule has 0 atom stereocenters. The van der Waals surface area contributed by atoms with E-state index in [2.05, 4.69) is 0 Å². The summed E-state index contributed by atoms with van der Waals surface area (Å²) < 4.78 is 5.17. The number of nitrogens with zero attached hydrogens (tertiary/aromatic N) is 1. The summed E-state index contributed by atoms with van der Waals surface area (Å²) in [4.78, 5) is 25.2. The molecule has 2 aromatic rings. The highest BCUT2D eigenvalue weighted by molar-refractivity contribution is 5.83. The van der Waals surface area contributed by atoms with Crippen molar-refractivity contribution >= 4 is 11.9 Å². The Labute approximate surface area is 130 Å². The Morgan fingerprint density at radius 2 is 1.45 bits per heavy atom. The lowest BCUT2D eigenvalue weighted by molar-refractivity contribution is -0.149. The predicted molar refractivity (Wildman–Crippen MR) is 84.0 cm³/mol. The van der Waals surface area contributed by atoms with E-state index < -0.39 is 5.97 Å². The van der Waals surface area contributed by atoms with Crippen molar-refractivity contribution in [2.45, 2.75) is 13.0 Å². The zero-order valence-electron chi connectivity index (χ0n) is 12.6. The lowest BCUT2D eigenvalue weighted by Crippen LogP contribution is -2.34. The van der Waals surface area contributed by atoms with Gasteiger partial charge in [-0.25, -0.2) is 0 Å². The number of ether oxygens (including phenoxy) is 1. The zero-order valence-corrected chi connectivity index (χ0v) is 12.6. The van der Waals surface area contributed by atoms with Crippen LogP contribution in [0.2, 0.25) is 0 Å². The van der Waals surface area contributed by atoms with Crippen molar-refractivity contribution in [1.82, 2.24) is 4.90 Å². The molecule has 2 aromatic carbocycles. The van der Waals surface area contributed by atoms with Crippen LogP contribution in [0.15, 0.2) is 60.7 Å². The van der Waals surface area contributed by atoms with Gasteiger partial charge < -0.3 is 9.64 Å². The second kappa shape index (κ2) is 7.98. The predicted octanol–water partition coefficient (Wildman–Crippen LogP) is 2.43. The van der Waals surface area contributed by atoms with Crippen LogP contribution in [0.3, 0.4) is 0 Å². The van der Waals surface area contributed by atoms with E-state index in [4.69, 9.17) is 4.74 Å². The highest BCUT2D eigenvalue weighted by Gasteiger charge is 2.14. The van der Waals surface area contributed by atoms with E-state index in [0.717, 1.165) is 11.1 Å². The molecule has 0 radical (unpaired) electrons. The molecule has 22 heavy (non-hydrogen) atoms. The van der Waals surface area contributed by atoms with Crippen LogP contribution in [-0.4, -0.2) is 30.4 Å². The van der Waals surface area contributed by atoms with Crippen LogP contribution in [0.4, 0.5) is 0 Å². The summed E-state index contributed by atoms with van der Waals surface area (Å²) >= 11 is 0. The number of amides is 1. The Morgan fingerprint density at radius 1 is 0.909 bits per heavy atom. The van der Waals surface area contributed by atoms with E-state index in [1.54, 1.807) is 7.05 Å². The molecule has 0 N–H and O–H groups in total. The van der Waals surface area contributed by atoms with Gasteiger partial charge in [-0.2, -0.15) is 0 Å². The highest BCUT2D eigenvalue weighted by atomic mass is 16.5. The minimum absolute atomic E-state index is 0.0432. The number of hydrogen-bond acceptors (Lipinski definition) is 3. The lowest BCUT2D eigenvalue weighted by Gasteiger charge is -2.16. The van der Waals surface area contributed by atoms with Gasteiger partial charge in [-0.1, -0.05) is 60.7 Å². The molecule has 4 heteroatoms. The van der Waals surface area contributed by atoms with E-state index in [1.807, 2.05) is 60.7 Å². The Balaban J connectivity index is 1.77. The first-order valence-corrected chi connectivity index (χ1v) is 7.12. The molecule has 0 fully saturated rings. The fraction of sp³-hybridized carbons (Fsp3) is 0.222. The summed E-state index contributed by atoms with van der Waals surface area (Å²) in [6, 6.07) is 18.9. The Morgan fingerprint density at radius 3 is 2.05 bits per heavy atom. The second-order valence-electron chi connectivity index (χ2n) is 5.06. The van der Waals surface area contributed by atoms with E-state index in [1.165, 1.54) is 4.90 Å². The molecule has 0 saturated heterocycles. The van der Waals surface area contributed by atoms with Crippen molar-refractivity contribution < 1.29 is 14.3 Å². The molecule has 0 unspecified atom stereocenters. The lowest BCUT2D eigenvalue weighted by atomic mass is 10.1. The first kappa shape index (κ1) is 15.8. The van der Waals surface area contributed by atoms with Crippen LogP contribution >= 0.6 is 0 Å². The average molecular weight is 297 g/mol. The highest BCUT2D eigenvalue weighted by Crippen LogP contribution is 2.03. The van der Waals surface area contributed by atoms with Gasteiger partial charge in [0.2, 0.25) is 5.91 Å². The van der Waals surface area contributed by atoms with Crippen molar-refractivity contribution in [2.75, 3.05) is 13.6 Å². The SMILES string of the molecule is CN(CC(=O)OCc1ccccc1)C(=O)Cc1ccccc1. The molecule has 0 spiro atoms. The molecule has 2 rings (SSSR count). The summed E-state index contributed by atoms with van der Waals surface area (Å²) in [5.74, 6) is -0.518. The molecule has 0 bridgehead atoms. The second-order valence-corrected chi connectivity index (χ2v) is 5.06. The number of benzene rings is 2. The van der Waals surface area contributed by atoms with Crippen LogP contribution in [-0.2, 0) is 27.4 Å². The number of carbonyl (C=O) groups excluding carboxylic acids is 2. The van der Waals surface area contributed by atoms with Gasteiger partial charge >= 0.3 is 5.97 Å². The summed E-state index contributed by atoms with van der Waals surface area (Å²) in [6.45, 7) is 0.179. The maximum atomic E-state index is 12.0. The summed E-state index contributed by atoms with van der Waals surface area (Å²) in [5.41, 5.74) is 1.85. The maximum Gasteiger partial charge on any atom is 0.325 e. The van der Waals surface area contributed by atoms with Crippen molar-refractivity contribution in [2.24, 2.45) is 0 Å². The molecule has 0 aliphatic carbocycles. The summed E-state index contributed by atoms with van der Waals surface area (Å²) in [5, 5.41) is 0. The Hall–Kier alpha value is -2.62. The quantitative estimate of drug-likeness (QED) is 0.769. The molecule has 0 aliphatic heterocycles. The molecule has 0 heterocycles. The molecule has 1 amide bonds. The van der Waals surface area contributed by atoms with Crippen molar-refractivity contribution in [1.29, 1.82) is 0 Å². The van der Waals surface area contributed by atoms with Crippen LogP contribution in [0.1, 0.15) is 11.1 Å². The molecule has 0 aromatic heterocycles. The van der Waals surface area contributed by atoms with Gasteiger partial charge in [-0.05, 0) is 11.1 Å². The molecular formula is C18H19NO3. The third-order valence-corrected chi connectivity index (χ3v) is 3.23. The number of hydrogen-bond donors (Lipinski definition) is 0. The van der Waals surface area contributed by atoms with Gasteiger partial charge in [0.25, 0.3) is 0 Å². The van der Waals surface area contributed by atoms with E-state index in [-0.39, 0.29) is 25.5 Å². The monoisotopic (exact) mass is 297 g/mol. The van der Waals surface area contributed by atoms with Crippen LogP contribution in [0.5, 0.6) is 0 Å². The van der Waals surface area contributed by atoms with E-state index >= 15 is 0 Å². The molecule has 0 saturated carbocycles. The molecule has 114 valence electrons. The standard InChI is InChI=1S/C18H19NO3/c1-19(17(20)12-15-8-4-2-5-9-15)13-18(21)22-14-16-10-6-3-7-11-16/h2-11H,12-14H2,1H3. The first-order valence-electron chi connectivity index (χ1n) is 7.12. The Kier molecular flexibility index (Phi) is 5.72. The topological polar surface area (TPSA) is 46.6 Å². The number of rotatable bonds is 6. The van der Waals surface area contributed by atoms with Gasteiger partial charge in [-0.15, -0.1) is 0 Å². The minimum Gasteiger partial charge on any atom is -0.459 e. The van der Waals surface area contributed by atoms with Crippen LogP contribution < -0.4 is 0 Å². The minimum atomic E-state index is -0.409. The summed E-state index contributed by atoms with van der Waals surface area (Å²) in [6.07, 6.45) is 0.281. The molecular weight excluding hydrogens is 278 g/mol. The fourth-order valence-corrected chi connectivity index (χ4v) is 1.97. The van der Waals surface area contributed by atoms with Crippen molar-refractivity contribution in [3.63, 3.8) is 0 Å². The summed E-state index contributed by atoms with van der Waals surface area (Å²) in [7, 11) is 1.61. The smallest absolute Gasteiger partial charge is 0.325 e.